The number of aromatic carboxylic acids is 1. The van der Waals surface area contributed by atoms with Crippen molar-refractivity contribution < 1.29 is 14.7 Å². The molecule has 1 amide bonds. The number of nitrogens with one attached hydrogen (secondary N) is 1. The van der Waals surface area contributed by atoms with Crippen molar-refractivity contribution in [3.05, 3.63) is 29.6 Å². The van der Waals surface area contributed by atoms with E-state index in [-0.39, 0.29) is 16.3 Å². The monoisotopic (exact) mass is 266 g/mol. The number of carboxylic acid groups (broad SMARTS) is 1. The van der Waals surface area contributed by atoms with Gasteiger partial charge < -0.3 is 10.4 Å². The fraction of sp³-hybridized carbons (Fsp3) is 0.417. The Kier molecular flexibility index (Phi) is 3.56. The molecular formula is C12H14N2O3S. The largest absolute Gasteiger partial charge is 0.477 e. The predicted molar refractivity (Wildman–Crippen MR) is 69.0 cm³/mol. The summed E-state index contributed by atoms with van der Waals surface area (Å²) in [5.41, 5.74) is 0.216. The molecule has 2 rings (SSSR count). The maximum absolute atomic E-state index is 11.9. The van der Waals surface area contributed by atoms with Gasteiger partial charge in [-0.3, -0.25) is 4.79 Å². The first-order chi connectivity index (χ1) is 8.56. The van der Waals surface area contributed by atoms with Crippen LogP contribution in [0.1, 0.15) is 33.7 Å². The first-order valence-electron chi connectivity index (χ1n) is 5.59. The zero-order valence-corrected chi connectivity index (χ0v) is 10.8. The number of hydrogen-bond acceptors (Lipinski definition) is 4. The van der Waals surface area contributed by atoms with Crippen LogP contribution in [0.4, 0.5) is 0 Å². The van der Waals surface area contributed by atoms with E-state index in [0.29, 0.717) is 12.1 Å². The molecule has 1 aliphatic rings. The van der Waals surface area contributed by atoms with E-state index in [9.17, 15) is 9.59 Å². The van der Waals surface area contributed by atoms with Gasteiger partial charge in [-0.2, -0.15) is 11.8 Å². The van der Waals surface area contributed by atoms with Crippen LogP contribution < -0.4 is 5.32 Å². The molecule has 2 N–H and O–H groups in total. The summed E-state index contributed by atoms with van der Waals surface area (Å²) in [7, 11) is 0. The van der Waals surface area contributed by atoms with Gasteiger partial charge in [0.2, 0.25) is 0 Å². The molecule has 0 bridgehead atoms. The van der Waals surface area contributed by atoms with Crippen LogP contribution in [0.3, 0.4) is 0 Å². The summed E-state index contributed by atoms with van der Waals surface area (Å²) in [5, 5.41) is 11.6. The second-order valence-electron chi connectivity index (χ2n) is 4.30. The van der Waals surface area contributed by atoms with Crippen LogP contribution in [0.5, 0.6) is 0 Å². The lowest BCUT2D eigenvalue weighted by Crippen LogP contribution is -2.31. The maximum Gasteiger partial charge on any atom is 0.354 e. The summed E-state index contributed by atoms with van der Waals surface area (Å²) in [6.07, 6.45) is 5.60. The second-order valence-corrected chi connectivity index (χ2v) is 5.58. The third kappa shape index (κ3) is 2.81. The maximum atomic E-state index is 11.9. The average Bonchev–Trinajstić information content (AvgIpc) is 3.17. The average molecular weight is 266 g/mol. The molecule has 0 spiro atoms. The number of amides is 1. The number of pyridine rings is 1. The Labute approximate surface area is 109 Å². The fourth-order valence-corrected chi connectivity index (χ4v) is 2.35. The fourth-order valence-electron chi connectivity index (χ4n) is 1.62. The summed E-state index contributed by atoms with van der Waals surface area (Å²) in [4.78, 5) is 26.3. The van der Waals surface area contributed by atoms with Crippen molar-refractivity contribution in [1.29, 1.82) is 0 Å². The molecule has 6 heteroatoms. The molecule has 0 atom stereocenters. The molecule has 0 saturated heterocycles. The van der Waals surface area contributed by atoms with Crippen molar-refractivity contribution in [3.63, 3.8) is 0 Å². The number of carbonyl (C=O) groups is 2. The lowest BCUT2D eigenvalue weighted by atomic mass is 10.2. The van der Waals surface area contributed by atoms with Crippen molar-refractivity contribution >= 4 is 23.6 Å². The normalized spacial score (nSPS) is 16.1. The van der Waals surface area contributed by atoms with Crippen LogP contribution in [-0.2, 0) is 0 Å². The van der Waals surface area contributed by atoms with Gasteiger partial charge >= 0.3 is 5.97 Å². The molecule has 1 fully saturated rings. The number of aromatic nitrogens is 1. The molecule has 5 nitrogen and oxygen atoms in total. The molecular weight excluding hydrogens is 252 g/mol. The minimum atomic E-state index is -1.13. The Balaban J connectivity index is 2.00. The van der Waals surface area contributed by atoms with Crippen LogP contribution in [-0.4, -0.2) is 39.5 Å². The summed E-state index contributed by atoms with van der Waals surface area (Å²) in [6.45, 7) is 0.623. The summed E-state index contributed by atoms with van der Waals surface area (Å²) >= 11 is 1.76. The molecule has 0 aromatic carbocycles. The van der Waals surface area contributed by atoms with Crippen LogP contribution in [0, 0.1) is 0 Å². The minimum Gasteiger partial charge on any atom is -0.477 e. The highest BCUT2D eigenvalue weighted by atomic mass is 32.2. The molecule has 0 aliphatic heterocycles. The van der Waals surface area contributed by atoms with Crippen molar-refractivity contribution in [2.45, 2.75) is 17.6 Å². The van der Waals surface area contributed by atoms with E-state index >= 15 is 0 Å². The first kappa shape index (κ1) is 12.9. The Morgan fingerprint density at radius 3 is 2.83 bits per heavy atom. The van der Waals surface area contributed by atoms with E-state index in [2.05, 4.69) is 10.3 Å². The standard InChI is InChI=1S/C12H14N2O3S/c1-18-12(3-4-12)7-14-10(15)8-2-5-13-9(6-8)11(16)17/h2,5-6H,3-4,7H2,1H3,(H,14,15)(H,16,17). The van der Waals surface area contributed by atoms with E-state index in [1.165, 1.54) is 18.3 Å². The molecule has 1 aromatic heterocycles. The Bertz CT molecular complexity index is 486. The molecule has 1 aromatic rings. The van der Waals surface area contributed by atoms with Crippen molar-refractivity contribution in [1.82, 2.24) is 10.3 Å². The number of hydrogen-bond donors (Lipinski definition) is 2. The minimum absolute atomic E-state index is 0.117. The number of nitrogens with zero attached hydrogens (tertiary/aromatic N) is 1. The topological polar surface area (TPSA) is 79.3 Å². The highest BCUT2D eigenvalue weighted by Gasteiger charge is 2.41. The van der Waals surface area contributed by atoms with Gasteiger partial charge in [0.15, 0.2) is 0 Å². The van der Waals surface area contributed by atoms with Crippen LogP contribution in [0.2, 0.25) is 0 Å². The van der Waals surface area contributed by atoms with E-state index in [4.69, 9.17) is 5.11 Å². The van der Waals surface area contributed by atoms with Gasteiger partial charge in [0.1, 0.15) is 5.69 Å². The summed E-state index contributed by atoms with van der Waals surface area (Å²) in [6, 6.07) is 2.80. The van der Waals surface area contributed by atoms with E-state index in [0.717, 1.165) is 12.8 Å². The van der Waals surface area contributed by atoms with Crippen molar-refractivity contribution in [2.24, 2.45) is 0 Å². The molecule has 18 heavy (non-hydrogen) atoms. The van der Waals surface area contributed by atoms with Gasteiger partial charge in [0.05, 0.1) is 0 Å². The smallest absolute Gasteiger partial charge is 0.354 e. The lowest BCUT2D eigenvalue weighted by Gasteiger charge is -2.13. The third-order valence-electron chi connectivity index (χ3n) is 3.05. The molecule has 1 saturated carbocycles. The van der Waals surface area contributed by atoms with Gasteiger partial charge in [-0.25, -0.2) is 9.78 Å². The van der Waals surface area contributed by atoms with Crippen molar-refractivity contribution in [2.75, 3.05) is 12.8 Å². The van der Waals surface area contributed by atoms with Crippen molar-refractivity contribution in [3.8, 4) is 0 Å². The zero-order valence-electron chi connectivity index (χ0n) is 9.97. The summed E-state index contributed by atoms with van der Waals surface area (Å²) < 4.78 is 0.193. The van der Waals surface area contributed by atoms with Gasteiger partial charge in [-0.15, -0.1) is 0 Å². The Morgan fingerprint density at radius 2 is 2.28 bits per heavy atom. The predicted octanol–water partition coefficient (Wildman–Crippen LogP) is 1.41. The summed E-state index contributed by atoms with van der Waals surface area (Å²) in [5.74, 6) is -1.38. The zero-order chi connectivity index (χ0) is 13.2. The SMILES string of the molecule is CSC1(CNC(=O)c2ccnc(C(=O)O)c2)CC1. The molecule has 0 radical (unpaired) electrons. The Morgan fingerprint density at radius 1 is 1.56 bits per heavy atom. The van der Waals surface area contributed by atoms with Gasteiger partial charge in [0.25, 0.3) is 5.91 Å². The molecule has 1 heterocycles. The molecule has 96 valence electrons. The highest BCUT2D eigenvalue weighted by Crippen LogP contribution is 2.46. The van der Waals surface area contributed by atoms with Crippen LogP contribution in [0.15, 0.2) is 18.3 Å². The van der Waals surface area contributed by atoms with Gasteiger partial charge in [-0.1, -0.05) is 0 Å². The second kappa shape index (κ2) is 4.97. The number of thioether (sulfide) groups is 1. The number of rotatable bonds is 5. The van der Waals surface area contributed by atoms with Gasteiger partial charge in [0, 0.05) is 23.1 Å². The van der Waals surface area contributed by atoms with E-state index < -0.39 is 5.97 Å². The highest BCUT2D eigenvalue weighted by molar-refractivity contribution is 8.00. The third-order valence-corrected chi connectivity index (χ3v) is 4.47. The van der Waals surface area contributed by atoms with E-state index in [1.54, 1.807) is 11.8 Å². The first-order valence-corrected chi connectivity index (χ1v) is 6.81. The molecule has 0 unspecified atom stereocenters. The lowest BCUT2D eigenvalue weighted by molar-refractivity contribution is 0.0690. The quantitative estimate of drug-likeness (QED) is 0.842. The van der Waals surface area contributed by atoms with Crippen LogP contribution in [0.25, 0.3) is 0 Å². The molecule has 1 aliphatic carbocycles. The number of carboxylic acids is 1. The van der Waals surface area contributed by atoms with Gasteiger partial charge in [-0.05, 0) is 31.2 Å². The Hall–Kier alpha value is -1.56. The van der Waals surface area contributed by atoms with Crippen LogP contribution >= 0.6 is 11.8 Å². The number of carbonyl (C=O) groups excluding carboxylic acids is 1. The van der Waals surface area contributed by atoms with E-state index in [1.807, 2.05) is 6.26 Å².